The number of esters is 1. The van der Waals surface area contributed by atoms with Crippen molar-refractivity contribution < 1.29 is 18.7 Å². The van der Waals surface area contributed by atoms with Crippen LogP contribution in [-0.4, -0.2) is 24.0 Å². The van der Waals surface area contributed by atoms with Crippen LogP contribution in [0, 0.1) is 12.7 Å². The number of hydrogen-bond donors (Lipinski definition) is 1. The fraction of sp³-hybridized carbons (Fsp3) is 0.133. The van der Waals surface area contributed by atoms with Crippen LogP contribution in [-0.2, 0) is 9.53 Å². The number of halogens is 1. The molecule has 0 atom stereocenters. The highest BCUT2D eigenvalue weighted by atomic mass is 32.1. The van der Waals surface area contributed by atoms with E-state index in [-0.39, 0.29) is 5.82 Å². The first kappa shape index (κ1) is 15.8. The minimum absolute atomic E-state index is 0.312. The van der Waals surface area contributed by atoms with Crippen molar-refractivity contribution in [3.05, 3.63) is 52.3 Å². The van der Waals surface area contributed by atoms with Gasteiger partial charge in [-0.25, -0.2) is 14.2 Å². The number of anilines is 1. The van der Waals surface area contributed by atoms with Gasteiger partial charge in [-0.05, 0) is 30.7 Å². The van der Waals surface area contributed by atoms with E-state index in [1.165, 1.54) is 25.3 Å². The molecular weight excluding hydrogens is 307 g/mol. The second-order valence-corrected chi connectivity index (χ2v) is 5.30. The summed E-state index contributed by atoms with van der Waals surface area (Å²) >= 11 is 1.04. The van der Waals surface area contributed by atoms with E-state index < -0.39 is 11.9 Å². The maximum Gasteiger partial charge on any atom is 0.350 e. The summed E-state index contributed by atoms with van der Waals surface area (Å²) in [5.41, 5.74) is 1.19. The van der Waals surface area contributed by atoms with Gasteiger partial charge in [-0.15, -0.1) is 0 Å². The smallest absolute Gasteiger partial charge is 0.350 e. The minimum Gasteiger partial charge on any atom is -0.465 e. The molecule has 0 unspecified atom stereocenters. The number of carbonyl (C=O) groups excluding carboxylic acids is 2. The van der Waals surface area contributed by atoms with E-state index in [0.29, 0.717) is 21.3 Å². The third kappa shape index (κ3) is 3.98. The van der Waals surface area contributed by atoms with E-state index in [4.69, 9.17) is 0 Å². The lowest BCUT2D eigenvalue weighted by atomic mass is 10.2. The monoisotopic (exact) mass is 320 g/mol. The molecule has 0 aliphatic heterocycles. The molecule has 1 amide bonds. The zero-order valence-electron chi connectivity index (χ0n) is 11.9. The minimum atomic E-state index is -0.489. The first-order valence-electron chi connectivity index (χ1n) is 6.30. The van der Waals surface area contributed by atoms with E-state index in [1.54, 1.807) is 25.1 Å². The number of aromatic nitrogens is 1. The third-order valence-electron chi connectivity index (χ3n) is 2.69. The maximum atomic E-state index is 12.8. The van der Waals surface area contributed by atoms with E-state index >= 15 is 0 Å². The quantitative estimate of drug-likeness (QED) is 0.694. The van der Waals surface area contributed by atoms with Crippen LogP contribution in [0.2, 0.25) is 0 Å². The lowest BCUT2D eigenvalue weighted by molar-refractivity contribution is -0.111. The Hall–Kier alpha value is -2.54. The predicted molar refractivity (Wildman–Crippen MR) is 82.3 cm³/mol. The predicted octanol–water partition coefficient (Wildman–Crippen LogP) is 3.03. The van der Waals surface area contributed by atoms with E-state index in [9.17, 15) is 14.0 Å². The van der Waals surface area contributed by atoms with Gasteiger partial charge in [0, 0.05) is 6.08 Å². The Kier molecular flexibility index (Phi) is 5.00. The molecule has 0 fully saturated rings. The van der Waals surface area contributed by atoms with Crippen LogP contribution in [0.3, 0.4) is 0 Å². The molecule has 114 valence electrons. The highest BCUT2D eigenvalue weighted by Crippen LogP contribution is 2.23. The summed E-state index contributed by atoms with van der Waals surface area (Å²) < 4.78 is 17.4. The molecule has 7 heteroatoms. The first-order chi connectivity index (χ1) is 10.5. The highest BCUT2D eigenvalue weighted by Gasteiger charge is 2.16. The molecule has 0 aliphatic carbocycles. The van der Waals surface area contributed by atoms with Gasteiger partial charge in [0.2, 0.25) is 5.91 Å². The van der Waals surface area contributed by atoms with E-state index in [0.717, 1.165) is 11.3 Å². The number of rotatable bonds is 4. The second kappa shape index (κ2) is 6.95. The third-order valence-corrected chi connectivity index (χ3v) is 3.75. The number of benzene rings is 1. The maximum absolute atomic E-state index is 12.8. The summed E-state index contributed by atoms with van der Waals surface area (Å²) in [5.74, 6) is -1.22. The number of methoxy groups -OCH3 is 1. The number of nitrogens with zero attached hydrogens (tertiary/aromatic N) is 1. The van der Waals surface area contributed by atoms with Crippen LogP contribution in [0.25, 0.3) is 6.08 Å². The van der Waals surface area contributed by atoms with Crippen molar-refractivity contribution in [3.63, 3.8) is 0 Å². The molecule has 0 bridgehead atoms. The van der Waals surface area contributed by atoms with Gasteiger partial charge in [0.1, 0.15) is 10.7 Å². The van der Waals surface area contributed by atoms with Crippen molar-refractivity contribution in [2.24, 2.45) is 0 Å². The molecule has 0 spiro atoms. The molecule has 1 aromatic heterocycles. The van der Waals surface area contributed by atoms with Crippen LogP contribution in [0.1, 0.15) is 20.9 Å². The fourth-order valence-electron chi connectivity index (χ4n) is 1.62. The van der Waals surface area contributed by atoms with Crippen LogP contribution in [0.5, 0.6) is 0 Å². The summed E-state index contributed by atoms with van der Waals surface area (Å²) in [5, 5.41) is 2.88. The summed E-state index contributed by atoms with van der Waals surface area (Å²) in [7, 11) is 1.28. The molecule has 2 rings (SSSR count). The molecule has 1 heterocycles. The topological polar surface area (TPSA) is 68.3 Å². The van der Waals surface area contributed by atoms with Crippen LogP contribution in [0.4, 0.5) is 9.52 Å². The number of carbonyl (C=O) groups is 2. The number of hydrogen-bond acceptors (Lipinski definition) is 5. The number of aryl methyl sites for hydroxylation is 1. The Morgan fingerprint density at radius 2 is 2.00 bits per heavy atom. The fourth-order valence-corrected chi connectivity index (χ4v) is 2.51. The summed E-state index contributed by atoms with van der Waals surface area (Å²) in [6, 6.07) is 5.73. The Labute approximate surface area is 130 Å². The average molecular weight is 320 g/mol. The number of thiazole rings is 1. The standard InChI is InChI=1S/C15H13FN2O3S/c1-9-13(14(20)21-2)22-15(17-9)18-12(19)8-5-10-3-6-11(16)7-4-10/h3-8H,1-2H3,(H,17,18,19). The Balaban J connectivity index is 2.03. The van der Waals surface area contributed by atoms with Crippen molar-refractivity contribution in [1.29, 1.82) is 0 Å². The van der Waals surface area contributed by atoms with Gasteiger partial charge in [0.15, 0.2) is 5.13 Å². The molecule has 0 saturated carbocycles. The SMILES string of the molecule is COC(=O)c1sc(NC(=O)C=Cc2ccc(F)cc2)nc1C. The normalized spacial score (nSPS) is 10.7. The molecule has 2 aromatic rings. The number of ether oxygens (including phenoxy) is 1. The lowest BCUT2D eigenvalue weighted by Crippen LogP contribution is -2.07. The van der Waals surface area contributed by atoms with Gasteiger partial charge in [-0.1, -0.05) is 23.5 Å². The summed E-state index contributed by atoms with van der Waals surface area (Å²) in [6.45, 7) is 1.66. The zero-order chi connectivity index (χ0) is 16.1. The Bertz CT molecular complexity index is 723. The van der Waals surface area contributed by atoms with E-state index in [2.05, 4.69) is 15.0 Å². The molecule has 5 nitrogen and oxygen atoms in total. The van der Waals surface area contributed by atoms with Crippen LogP contribution in [0.15, 0.2) is 30.3 Å². The molecular formula is C15H13FN2O3S. The Morgan fingerprint density at radius 3 is 2.64 bits per heavy atom. The van der Waals surface area contributed by atoms with E-state index in [1.807, 2.05) is 0 Å². The molecule has 1 N–H and O–H groups in total. The van der Waals surface area contributed by atoms with Gasteiger partial charge in [-0.2, -0.15) is 0 Å². The highest BCUT2D eigenvalue weighted by molar-refractivity contribution is 7.17. The van der Waals surface area contributed by atoms with Gasteiger partial charge >= 0.3 is 5.97 Å². The molecule has 1 aromatic carbocycles. The van der Waals surface area contributed by atoms with Gasteiger partial charge in [0.25, 0.3) is 0 Å². The largest absolute Gasteiger partial charge is 0.465 e. The van der Waals surface area contributed by atoms with Gasteiger partial charge in [0.05, 0.1) is 12.8 Å². The number of nitrogens with one attached hydrogen (secondary N) is 1. The zero-order valence-corrected chi connectivity index (χ0v) is 12.7. The first-order valence-corrected chi connectivity index (χ1v) is 7.11. The van der Waals surface area contributed by atoms with Crippen LogP contribution < -0.4 is 5.32 Å². The van der Waals surface area contributed by atoms with Gasteiger partial charge < -0.3 is 4.74 Å². The van der Waals surface area contributed by atoms with Crippen molar-refractivity contribution in [3.8, 4) is 0 Å². The summed E-state index contributed by atoms with van der Waals surface area (Å²) in [4.78, 5) is 27.7. The molecule has 0 aliphatic rings. The van der Waals surface area contributed by atoms with Gasteiger partial charge in [-0.3, -0.25) is 10.1 Å². The van der Waals surface area contributed by atoms with Crippen LogP contribution >= 0.6 is 11.3 Å². The van der Waals surface area contributed by atoms with Crippen molar-refractivity contribution in [1.82, 2.24) is 4.98 Å². The Morgan fingerprint density at radius 1 is 1.32 bits per heavy atom. The lowest BCUT2D eigenvalue weighted by Gasteiger charge is -1.96. The average Bonchev–Trinajstić information content (AvgIpc) is 2.86. The second-order valence-electron chi connectivity index (χ2n) is 4.30. The summed E-state index contributed by atoms with van der Waals surface area (Å²) in [6.07, 6.45) is 2.86. The molecule has 22 heavy (non-hydrogen) atoms. The molecule has 0 radical (unpaired) electrons. The molecule has 0 saturated heterocycles. The van der Waals surface area contributed by atoms with Crippen molar-refractivity contribution in [2.75, 3.05) is 12.4 Å². The van der Waals surface area contributed by atoms with Crippen molar-refractivity contribution >= 4 is 34.4 Å². The number of amides is 1. The van der Waals surface area contributed by atoms with Crippen molar-refractivity contribution in [2.45, 2.75) is 6.92 Å².